The average molecular weight is 247 g/mol. The fourth-order valence-corrected chi connectivity index (χ4v) is 1.33. The molecule has 0 aromatic carbocycles. The molecule has 2 rings (SSSR count). The maximum absolute atomic E-state index is 10.9. The van der Waals surface area contributed by atoms with Crippen LogP contribution in [0.5, 0.6) is 0 Å². The van der Waals surface area contributed by atoms with Gasteiger partial charge in [0.2, 0.25) is 0 Å². The van der Waals surface area contributed by atoms with Crippen molar-refractivity contribution in [2.24, 2.45) is 0 Å². The Kier molecular flexibility index (Phi) is 3.80. The number of pyridine rings is 1. The van der Waals surface area contributed by atoms with E-state index >= 15 is 0 Å². The van der Waals surface area contributed by atoms with E-state index < -0.39 is 6.09 Å². The summed E-state index contributed by atoms with van der Waals surface area (Å²) in [4.78, 5) is 15.0. The summed E-state index contributed by atoms with van der Waals surface area (Å²) in [7, 11) is 1.30. The predicted octanol–water partition coefficient (Wildman–Crippen LogP) is 2.46. The number of anilines is 2. The van der Waals surface area contributed by atoms with E-state index in [4.69, 9.17) is 4.42 Å². The second-order valence-corrected chi connectivity index (χ2v) is 3.48. The molecule has 0 bridgehead atoms. The number of carbonyl (C=O) groups is 1. The molecule has 0 aliphatic heterocycles. The van der Waals surface area contributed by atoms with E-state index in [1.54, 1.807) is 24.6 Å². The van der Waals surface area contributed by atoms with Gasteiger partial charge in [-0.1, -0.05) is 0 Å². The Balaban J connectivity index is 1.89. The lowest BCUT2D eigenvalue weighted by Gasteiger charge is -2.06. The molecule has 0 aliphatic rings. The molecular formula is C12H13N3O3. The minimum Gasteiger partial charge on any atom is -0.467 e. The standard InChI is InChI=1S/C12H13N3O3/c1-17-12(16)15-11-5-4-9(7-14-11)13-8-10-3-2-6-18-10/h2-7,13H,8H2,1H3,(H,14,15,16). The molecule has 0 spiro atoms. The van der Waals surface area contributed by atoms with Crippen LogP contribution in [-0.2, 0) is 11.3 Å². The first-order valence-corrected chi connectivity index (χ1v) is 5.35. The molecule has 0 fully saturated rings. The first-order chi connectivity index (χ1) is 8.78. The molecule has 1 amide bonds. The van der Waals surface area contributed by atoms with Gasteiger partial charge in [0.25, 0.3) is 0 Å². The maximum Gasteiger partial charge on any atom is 0.412 e. The fraction of sp³-hybridized carbons (Fsp3) is 0.167. The van der Waals surface area contributed by atoms with Crippen molar-refractivity contribution < 1.29 is 13.9 Å². The number of furan rings is 1. The molecule has 2 aromatic heterocycles. The molecule has 0 atom stereocenters. The SMILES string of the molecule is COC(=O)Nc1ccc(NCc2ccco2)cn1. The molecule has 6 heteroatoms. The number of amides is 1. The smallest absolute Gasteiger partial charge is 0.412 e. The number of hydrogen-bond acceptors (Lipinski definition) is 5. The van der Waals surface area contributed by atoms with Gasteiger partial charge in [0.15, 0.2) is 0 Å². The largest absolute Gasteiger partial charge is 0.467 e. The highest BCUT2D eigenvalue weighted by Gasteiger charge is 2.01. The third kappa shape index (κ3) is 3.24. The van der Waals surface area contributed by atoms with Crippen molar-refractivity contribution >= 4 is 17.6 Å². The number of rotatable bonds is 4. The minimum absolute atomic E-state index is 0.436. The third-order valence-corrected chi connectivity index (χ3v) is 2.23. The molecule has 2 N–H and O–H groups in total. The zero-order valence-corrected chi connectivity index (χ0v) is 9.84. The van der Waals surface area contributed by atoms with Crippen LogP contribution in [0.1, 0.15) is 5.76 Å². The summed E-state index contributed by atoms with van der Waals surface area (Å²) in [6.07, 6.45) is 2.70. The second-order valence-electron chi connectivity index (χ2n) is 3.48. The van der Waals surface area contributed by atoms with Crippen LogP contribution in [0.4, 0.5) is 16.3 Å². The number of carbonyl (C=O) groups excluding carboxylic acids is 1. The first-order valence-electron chi connectivity index (χ1n) is 5.35. The van der Waals surface area contributed by atoms with Crippen LogP contribution in [0.15, 0.2) is 41.1 Å². The lowest BCUT2D eigenvalue weighted by atomic mass is 10.3. The Hall–Kier alpha value is -2.50. The highest BCUT2D eigenvalue weighted by Crippen LogP contribution is 2.11. The summed E-state index contributed by atoms with van der Waals surface area (Å²) in [5.41, 5.74) is 0.835. The Morgan fingerprint density at radius 2 is 2.33 bits per heavy atom. The summed E-state index contributed by atoms with van der Waals surface area (Å²) in [5, 5.41) is 5.61. The number of aromatic nitrogens is 1. The van der Waals surface area contributed by atoms with Gasteiger partial charge in [-0.2, -0.15) is 0 Å². The van der Waals surface area contributed by atoms with Gasteiger partial charge >= 0.3 is 6.09 Å². The van der Waals surface area contributed by atoms with Crippen LogP contribution < -0.4 is 10.6 Å². The van der Waals surface area contributed by atoms with Crippen molar-refractivity contribution in [1.82, 2.24) is 4.98 Å². The quantitative estimate of drug-likeness (QED) is 0.867. The van der Waals surface area contributed by atoms with Gasteiger partial charge in [0.1, 0.15) is 11.6 Å². The normalized spacial score (nSPS) is 9.83. The molecule has 2 heterocycles. The summed E-state index contributed by atoms with van der Waals surface area (Å²) in [6, 6.07) is 7.20. The number of hydrogen-bond donors (Lipinski definition) is 2. The number of methoxy groups -OCH3 is 1. The monoisotopic (exact) mass is 247 g/mol. The Bertz CT molecular complexity index is 494. The van der Waals surface area contributed by atoms with E-state index in [0.29, 0.717) is 12.4 Å². The summed E-state index contributed by atoms with van der Waals surface area (Å²) in [5.74, 6) is 1.28. The maximum atomic E-state index is 10.9. The lowest BCUT2D eigenvalue weighted by Crippen LogP contribution is -2.12. The van der Waals surface area contributed by atoms with Gasteiger partial charge < -0.3 is 14.5 Å². The third-order valence-electron chi connectivity index (χ3n) is 2.23. The fourth-order valence-electron chi connectivity index (χ4n) is 1.33. The molecule has 0 aliphatic carbocycles. The van der Waals surface area contributed by atoms with Crippen LogP contribution in [0.25, 0.3) is 0 Å². The molecular weight excluding hydrogens is 234 g/mol. The Morgan fingerprint density at radius 1 is 1.44 bits per heavy atom. The second kappa shape index (κ2) is 5.72. The molecule has 0 unspecified atom stereocenters. The Morgan fingerprint density at radius 3 is 2.94 bits per heavy atom. The highest BCUT2D eigenvalue weighted by atomic mass is 16.5. The van der Waals surface area contributed by atoms with Gasteiger partial charge in [0.05, 0.1) is 31.8 Å². The van der Waals surface area contributed by atoms with E-state index in [0.717, 1.165) is 11.4 Å². The number of ether oxygens (including phenoxy) is 1. The summed E-state index contributed by atoms with van der Waals surface area (Å²) >= 11 is 0. The van der Waals surface area contributed by atoms with Crippen molar-refractivity contribution in [3.05, 3.63) is 42.5 Å². The van der Waals surface area contributed by atoms with Gasteiger partial charge in [0, 0.05) is 0 Å². The molecule has 94 valence electrons. The van der Waals surface area contributed by atoms with Crippen molar-refractivity contribution in [2.75, 3.05) is 17.7 Å². The van der Waals surface area contributed by atoms with E-state index in [2.05, 4.69) is 20.4 Å². The number of nitrogens with one attached hydrogen (secondary N) is 2. The molecule has 2 aromatic rings. The van der Waals surface area contributed by atoms with E-state index in [1.165, 1.54) is 7.11 Å². The van der Waals surface area contributed by atoms with Crippen molar-refractivity contribution in [1.29, 1.82) is 0 Å². The van der Waals surface area contributed by atoms with Crippen LogP contribution in [0.3, 0.4) is 0 Å². The molecule has 0 radical (unpaired) electrons. The zero-order chi connectivity index (χ0) is 12.8. The number of nitrogens with zero attached hydrogens (tertiary/aromatic N) is 1. The van der Waals surface area contributed by atoms with Crippen LogP contribution in [0.2, 0.25) is 0 Å². The van der Waals surface area contributed by atoms with Crippen molar-refractivity contribution in [2.45, 2.75) is 6.54 Å². The lowest BCUT2D eigenvalue weighted by molar-refractivity contribution is 0.187. The van der Waals surface area contributed by atoms with Gasteiger partial charge in [-0.05, 0) is 24.3 Å². The molecule has 0 saturated carbocycles. The minimum atomic E-state index is -0.543. The van der Waals surface area contributed by atoms with E-state index in [-0.39, 0.29) is 0 Å². The summed E-state index contributed by atoms with van der Waals surface area (Å²) < 4.78 is 9.65. The van der Waals surface area contributed by atoms with Crippen molar-refractivity contribution in [3.8, 4) is 0 Å². The van der Waals surface area contributed by atoms with E-state index in [9.17, 15) is 4.79 Å². The molecule has 18 heavy (non-hydrogen) atoms. The van der Waals surface area contributed by atoms with Gasteiger partial charge in [-0.25, -0.2) is 9.78 Å². The highest BCUT2D eigenvalue weighted by molar-refractivity contribution is 5.83. The van der Waals surface area contributed by atoms with Crippen LogP contribution in [0, 0.1) is 0 Å². The predicted molar refractivity (Wildman–Crippen MR) is 66.3 cm³/mol. The average Bonchev–Trinajstić information content (AvgIpc) is 2.91. The van der Waals surface area contributed by atoms with Crippen LogP contribution in [-0.4, -0.2) is 18.2 Å². The Labute approximate surface area is 104 Å². The summed E-state index contributed by atoms with van der Waals surface area (Å²) in [6.45, 7) is 0.582. The van der Waals surface area contributed by atoms with E-state index in [1.807, 2.05) is 12.1 Å². The molecule has 6 nitrogen and oxygen atoms in total. The van der Waals surface area contributed by atoms with Crippen LogP contribution >= 0.6 is 0 Å². The van der Waals surface area contributed by atoms with Gasteiger partial charge in [-0.15, -0.1) is 0 Å². The topological polar surface area (TPSA) is 76.4 Å². The van der Waals surface area contributed by atoms with Crippen molar-refractivity contribution in [3.63, 3.8) is 0 Å². The zero-order valence-electron chi connectivity index (χ0n) is 9.84. The van der Waals surface area contributed by atoms with Gasteiger partial charge in [-0.3, -0.25) is 5.32 Å². The molecule has 0 saturated heterocycles. The first kappa shape index (κ1) is 12.0.